The molecule has 1 aliphatic rings. The van der Waals surface area contributed by atoms with Crippen molar-refractivity contribution in [2.45, 2.75) is 13.1 Å². The Hall–Kier alpha value is -3.44. The van der Waals surface area contributed by atoms with Gasteiger partial charge in [0.25, 0.3) is 0 Å². The SMILES string of the molecule is [C-]#[N+]C1=NC(C=Cc2c[nH]c3ccccc23)=CC(C)=NC1[N+]#[C-]. The third-order valence-corrected chi connectivity index (χ3v) is 3.45. The first kappa shape index (κ1) is 14.5. The maximum absolute atomic E-state index is 7.19. The Labute approximate surface area is 134 Å². The highest BCUT2D eigenvalue weighted by molar-refractivity contribution is 6.04. The molecule has 1 atom stereocenters. The highest BCUT2D eigenvalue weighted by atomic mass is 15.1. The average molecular weight is 299 g/mol. The van der Waals surface area contributed by atoms with Gasteiger partial charge in [-0.25, -0.2) is 11.6 Å². The molecule has 1 aromatic carbocycles. The Morgan fingerprint density at radius 1 is 1.22 bits per heavy atom. The third-order valence-electron chi connectivity index (χ3n) is 3.45. The van der Waals surface area contributed by atoms with Crippen LogP contribution >= 0.6 is 0 Å². The number of rotatable bonds is 2. The number of aromatic nitrogens is 1. The summed E-state index contributed by atoms with van der Waals surface area (Å²) in [7, 11) is 0. The molecule has 2 heterocycles. The van der Waals surface area contributed by atoms with Crippen molar-refractivity contribution in [1.29, 1.82) is 0 Å². The summed E-state index contributed by atoms with van der Waals surface area (Å²) in [6.45, 7) is 16.1. The second-order valence-electron chi connectivity index (χ2n) is 5.05. The zero-order valence-electron chi connectivity index (χ0n) is 12.5. The Morgan fingerprint density at radius 3 is 2.83 bits per heavy atom. The predicted octanol–water partition coefficient (Wildman–Crippen LogP) is 4.10. The van der Waals surface area contributed by atoms with Crippen molar-refractivity contribution in [2.75, 3.05) is 0 Å². The van der Waals surface area contributed by atoms with Crippen LogP contribution in [0.15, 0.2) is 58.3 Å². The van der Waals surface area contributed by atoms with Crippen LogP contribution in [0.3, 0.4) is 0 Å². The molecule has 3 rings (SSSR count). The second kappa shape index (κ2) is 6.13. The maximum Gasteiger partial charge on any atom is 0.371 e. The fraction of sp³-hybridized carbons (Fsp3) is 0.111. The summed E-state index contributed by atoms with van der Waals surface area (Å²) in [4.78, 5) is 18.4. The molecule has 0 amide bonds. The molecule has 0 saturated carbocycles. The van der Waals surface area contributed by atoms with E-state index in [0.717, 1.165) is 16.5 Å². The first-order chi connectivity index (χ1) is 11.2. The van der Waals surface area contributed by atoms with Crippen molar-refractivity contribution in [3.05, 3.63) is 76.7 Å². The van der Waals surface area contributed by atoms with E-state index in [1.165, 1.54) is 0 Å². The van der Waals surface area contributed by atoms with Crippen LogP contribution in [-0.4, -0.2) is 22.7 Å². The van der Waals surface area contributed by atoms with Crippen LogP contribution in [0, 0.1) is 13.1 Å². The number of allylic oxidation sites excluding steroid dienone is 2. The molecule has 5 heteroatoms. The van der Waals surface area contributed by atoms with E-state index in [0.29, 0.717) is 11.4 Å². The highest BCUT2D eigenvalue weighted by Crippen LogP contribution is 2.20. The molecule has 0 radical (unpaired) electrons. The first-order valence-corrected chi connectivity index (χ1v) is 7.04. The number of para-hydroxylation sites is 1. The van der Waals surface area contributed by atoms with Gasteiger partial charge in [0.15, 0.2) is 5.70 Å². The molecule has 0 bridgehead atoms. The van der Waals surface area contributed by atoms with Crippen molar-refractivity contribution in [3.63, 3.8) is 0 Å². The largest absolute Gasteiger partial charge is 0.371 e. The minimum absolute atomic E-state index is 0.103. The molecule has 0 aliphatic carbocycles. The Morgan fingerprint density at radius 2 is 2.04 bits per heavy atom. The standard InChI is InChI=1S/C18H13N5/c1-12-10-14(23-18(20-3)17(19-2)22-12)9-8-13-11-21-16-7-5-4-6-15(13)16/h4-11,17,21H,1H3. The van der Waals surface area contributed by atoms with Crippen LogP contribution < -0.4 is 0 Å². The summed E-state index contributed by atoms with van der Waals surface area (Å²) in [5.74, 6) is 0.103. The van der Waals surface area contributed by atoms with Gasteiger partial charge in [-0.05, 0) is 30.7 Å². The number of hydrogen-bond donors (Lipinski definition) is 1. The molecule has 0 spiro atoms. The van der Waals surface area contributed by atoms with E-state index in [-0.39, 0.29) is 5.84 Å². The Kier molecular flexibility index (Phi) is 3.86. The van der Waals surface area contributed by atoms with Crippen LogP contribution in [0.5, 0.6) is 0 Å². The van der Waals surface area contributed by atoms with Gasteiger partial charge in [-0.15, -0.1) is 4.99 Å². The van der Waals surface area contributed by atoms with Gasteiger partial charge in [-0.3, -0.25) is 4.85 Å². The molecule has 1 aliphatic heterocycles. The zero-order valence-corrected chi connectivity index (χ0v) is 12.5. The van der Waals surface area contributed by atoms with E-state index in [9.17, 15) is 0 Å². The minimum atomic E-state index is -0.845. The smallest absolute Gasteiger partial charge is 0.361 e. The lowest BCUT2D eigenvalue weighted by Gasteiger charge is -1.94. The summed E-state index contributed by atoms with van der Waals surface area (Å²) in [5, 5.41) is 1.12. The number of nitrogens with one attached hydrogen (secondary N) is 1. The number of hydrogen-bond acceptors (Lipinski definition) is 2. The van der Waals surface area contributed by atoms with E-state index in [1.54, 1.807) is 13.0 Å². The zero-order chi connectivity index (χ0) is 16.2. The minimum Gasteiger partial charge on any atom is -0.361 e. The molecule has 110 valence electrons. The van der Waals surface area contributed by atoms with Gasteiger partial charge in [0.2, 0.25) is 0 Å². The number of amidine groups is 1. The molecule has 2 aromatic rings. The topological polar surface area (TPSA) is 49.2 Å². The highest BCUT2D eigenvalue weighted by Gasteiger charge is 2.23. The number of benzene rings is 1. The quantitative estimate of drug-likeness (QED) is 0.812. The van der Waals surface area contributed by atoms with Crippen molar-refractivity contribution in [3.8, 4) is 0 Å². The fourth-order valence-corrected chi connectivity index (χ4v) is 2.39. The summed E-state index contributed by atoms with van der Waals surface area (Å²) >= 11 is 0. The average Bonchev–Trinajstić information content (AvgIpc) is 2.90. The van der Waals surface area contributed by atoms with Crippen LogP contribution in [0.4, 0.5) is 0 Å². The molecule has 1 unspecified atom stereocenters. The molecular formula is C18H13N5. The normalized spacial score (nSPS) is 17.9. The van der Waals surface area contributed by atoms with Crippen molar-refractivity contribution < 1.29 is 0 Å². The molecule has 0 fully saturated rings. The van der Waals surface area contributed by atoms with Gasteiger partial charge >= 0.3 is 12.0 Å². The summed E-state index contributed by atoms with van der Waals surface area (Å²) in [6.07, 6.45) is 6.65. The van der Waals surface area contributed by atoms with Gasteiger partial charge in [-0.1, -0.05) is 24.8 Å². The van der Waals surface area contributed by atoms with Crippen LogP contribution in [-0.2, 0) is 0 Å². The molecule has 1 N–H and O–H groups in total. The number of aliphatic imine (C=N–C) groups is 2. The summed E-state index contributed by atoms with van der Waals surface area (Å²) in [5.41, 5.74) is 3.42. The lowest BCUT2D eigenvalue weighted by molar-refractivity contribution is 1.08. The van der Waals surface area contributed by atoms with Crippen LogP contribution in [0.25, 0.3) is 26.7 Å². The fourth-order valence-electron chi connectivity index (χ4n) is 2.39. The maximum atomic E-state index is 7.19. The van der Waals surface area contributed by atoms with E-state index in [4.69, 9.17) is 13.1 Å². The van der Waals surface area contributed by atoms with Crippen LogP contribution in [0.2, 0.25) is 0 Å². The Bertz CT molecular complexity index is 957. The number of fused-ring (bicyclic) bond motifs is 1. The van der Waals surface area contributed by atoms with Crippen molar-refractivity contribution >= 4 is 28.5 Å². The number of H-pyrrole nitrogens is 1. The molecular weight excluding hydrogens is 286 g/mol. The monoisotopic (exact) mass is 299 g/mol. The number of aromatic amines is 1. The summed E-state index contributed by atoms with van der Waals surface area (Å²) in [6, 6.07) is 8.04. The van der Waals surface area contributed by atoms with Gasteiger partial charge in [-0.2, -0.15) is 0 Å². The van der Waals surface area contributed by atoms with Gasteiger partial charge in [0.1, 0.15) is 0 Å². The lowest BCUT2D eigenvalue weighted by Crippen LogP contribution is -2.10. The second-order valence-corrected chi connectivity index (χ2v) is 5.05. The van der Waals surface area contributed by atoms with E-state index in [2.05, 4.69) is 24.7 Å². The van der Waals surface area contributed by atoms with E-state index >= 15 is 0 Å². The molecule has 23 heavy (non-hydrogen) atoms. The Balaban J connectivity index is 1.97. The third kappa shape index (κ3) is 2.95. The van der Waals surface area contributed by atoms with Crippen molar-refractivity contribution in [1.82, 2.24) is 4.98 Å². The molecule has 1 aromatic heterocycles. The van der Waals surface area contributed by atoms with Crippen molar-refractivity contribution in [2.24, 2.45) is 9.98 Å². The predicted molar refractivity (Wildman–Crippen MR) is 93.0 cm³/mol. The first-order valence-electron chi connectivity index (χ1n) is 7.04. The summed E-state index contributed by atoms with van der Waals surface area (Å²) < 4.78 is 0. The molecule has 5 nitrogen and oxygen atoms in total. The molecule has 0 saturated heterocycles. The van der Waals surface area contributed by atoms with Gasteiger partial charge < -0.3 is 9.83 Å². The van der Waals surface area contributed by atoms with Crippen LogP contribution in [0.1, 0.15) is 12.5 Å². The van der Waals surface area contributed by atoms with Gasteiger partial charge in [0.05, 0.1) is 0 Å². The van der Waals surface area contributed by atoms with Gasteiger partial charge in [0, 0.05) is 28.9 Å². The lowest BCUT2D eigenvalue weighted by atomic mass is 10.1. The number of nitrogens with zero attached hydrogens (tertiary/aromatic N) is 4. The van der Waals surface area contributed by atoms with E-state index in [1.807, 2.05) is 42.6 Å². The van der Waals surface area contributed by atoms with E-state index < -0.39 is 6.17 Å².